The Kier molecular flexibility index (Phi) is 3.99. The molecule has 1 rings (SSSR count). The summed E-state index contributed by atoms with van der Waals surface area (Å²) < 4.78 is 30.8. The summed E-state index contributed by atoms with van der Waals surface area (Å²) >= 11 is 0. The standard InChI is InChI=1S/C13H14F2O2/c1-13(2,3)17-12(16)7-5-9-4-6-10(14)8-11(9)15/h4-8H,1-3H3. The van der Waals surface area contributed by atoms with Crippen molar-refractivity contribution in [1.82, 2.24) is 0 Å². The van der Waals surface area contributed by atoms with Crippen molar-refractivity contribution in [3.63, 3.8) is 0 Å². The van der Waals surface area contributed by atoms with Crippen LogP contribution in [0.2, 0.25) is 0 Å². The first-order chi connectivity index (χ1) is 7.78. The SMILES string of the molecule is CC(C)(C)OC(=O)C=Cc1ccc(F)cc1F. The van der Waals surface area contributed by atoms with Crippen LogP contribution in [0.25, 0.3) is 6.08 Å². The maximum absolute atomic E-state index is 13.2. The number of carbonyl (C=O) groups is 1. The summed E-state index contributed by atoms with van der Waals surface area (Å²) in [6, 6.07) is 3.14. The largest absolute Gasteiger partial charge is 0.457 e. The molecule has 0 aliphatic carbocycles. The van der Waals surface area contributed by atoms with Gasteiger partial charge in [0.25, 0.3) is 0 Å². The molecule has 0 N–H and O–H groups in total. The summed E-state index contributed by atoms with van der Waals surface area (Å²) in [4.78, 5) is 11.3. The average Bonchev–Trinajstić information content (AvgIpc) is 2.13. The van der Waals surface area contributed by atoms with Gasteiger partial charge in [-0.05, 0) is 39.0 Å². The summed E-state index contributed by atoms with van der Waals surface area (Å²) in [5.41, 5.74) is -0.458. The summed E-state index contributed by atoms with van der Waals surface area (Å²) in [6.07, 6.45) is 2.37. The lowest BCUT2D eigenvalue weighted by Gasteiger charge is -2.17. The van der Waals surface area contributed by atoms with Crippen molar-refractivity contribution in [1.29, 1.82) is 0 Å². The van der Waals surface area contributed by atoms with Crippen molar-refractivity contribution in [2.75, 3.05) is 0 Å². The van der Waals surface area contributed by atoms with E-state index < -0.39 is 23.2 Å². The van der Waals surface area contributed by atoms with Gasteiger partial charge in [0.05, 0.1) is 0 Å². The number of hydrogen-bond acceptors (Lipinski definition) is 2. The highest BCUT2D eigenvalue weighted by molar-refractivity contribution is 5.87. The number of hydrogen-bond donors (Lipinski definition) is 0. The first-order valence-corrected chi connectivity index (χ1v) is 5.14. The zero-order valence-corrected chi connectivity index (χ0v) is 9.96. The minimum Gasteiger partial charge on any atom is -0.457 e. The summed E-state index contributed by atoms with van der Waals surface area (Å²) in [5, 5.41) is 0. The molecule has 0 unspecified atom stereocenters. The van der Waals surface area contributed by atoms with Crippen LogP contribution in [0.5, 0.6) is 0 Å². The lowest BCUT2D eigenvalue weighted by Crippen LogP contribution is -2.22. The Balaban J connectivity index is 2.74. The third kappa shape index (κ3) is 4.76. The van der Waals surface area contributed by atoms with Gasteiger partial charge in [-0.2, -0.15) is 0 Å². The van der Waals surface area contributed by atoms with Gasteiger partial charge in [0.2, 0.25) is 0 Å². The molecule has 0 aromatic heterocycles. The third-order valence-electron chi connectivity index (χ3n) is 1.77. The molecule has 0 bridgehead atoms. The van der Waals surface area contributed by atoms with E-state index in [9.17, 15) is 13.6 Å². The van der Waals surface area contributed by atoms with Crippen molar-refractivity contribution in [2.24, 2.45) is 0 Å². The fourth-order valence-electron chi connectivity index (χ4n) is 1.13. The van der Waals surface area contributed by atoms with E-state index in [1.54, 1.807) is 20.8 Å². The van der Waals surface area contributed by atoms with E-state index in [0.29, 0.717) is 0 Å². The van der Waals surface area contributed by atoms with E-state index in [1.165, 1.54) is 12.1 Å². The monoisotopic (exact) mass is 240 g/mol. The number of ether oxygens (including phenoxy) is 1. The van der Waals surface area contributed by atoms with Crippen LogP contribution in [0.15, 0.2) is 24.3 Å². The fraction of sp³-hybridized carbons (Fsp3) is 0.308. The van der Waals surface area contributed by atoms with E-state index >= 15 is 0 Å². The van der Waals surface area contributed by atoms with Gasteiger partial charge in [0, 0.05) is 17.7 Å². The molecule has 0 aliphatic heterocycles. The number of carbonyl (C=O) groups excluding carboxylic acids is 1. The molecule has 0 fully saturated rings. The summed E-state index contributed by atoms with van der Waals surface area (Å²) in [5.74, 6) is -1.94. The van der Waals surface area contributed by atoms with Gasteiger partial charge in [-0.15, -0.1) is 0 Å². The first kappa shape index (κ1) is 13.4. The maximum Gasteiger partial charge on any atom is 0.331 e. The van der Waals surface area contributed by atoms with Crippen molar-refractivity contribution in [3.05, 3.63) is 41.5 Å². The van der Waals surface area contributed by atoms with E-state index in [-0.39, 0.29) is 5.56 Å². The van der Waals surface area contributed by atoms with Crippen LogP contribution in [0, 0.1) is 11.6 Å². The molecule has 1 aromatic rings. The van der Waals surface area contributed by atoms with Crippen LogP contribution < -0.4 is 0 Å². The highest BCUT2D eigenvalue weighted by atomic mass is 19.1. The van der Waals surface area contributed by atoms with Gasteiger partial charge in [-0.3, -0.25) is 0 Å². The molecule has 17 heavy (non-hydrogen) atoms. The van der Waals surface area contributed by atoms with Crippen molar-refractivity contribution in [2.45, 2.75) is 26.4 Å². The molecule has 0 spiro atoms. The van der Waals surface area contributed by atoms with Crippen LogP contribution in [0.4, 0.5) is 8.78 Å². The number of benzene rings is 1. The Labute approximate surface area is 98.9 Å². The molecule has 1 aromatic carbocycles. The van der Waals surface area contributed by atoms with E-state index in [1.807, 2.05) is 0 Å². The van der Waals surface area contributed by atoms with Crippen LogP contribution in [0.3, 0.4) is 0 Å². The molecule has 0 aliphatic rings. The third-order valence-corrected chi connectivity index (χ3v) is 1.77. The second kappa shape index (κ2) is 5.08. The quantitative estimate of drug-likeness (QED) is 0.585. The Hall–Kier alpha value is -1.71. The predicted molar refractivity (Wildman–Crippen MR) is 61.2 cm³/mol. The zero-order chi connectivity index (χ0) is 13.1. The normalized spacial score (nSPS) is 11.8. The lowest BCUT2D eigenvalue weighted by atomic mass is 10.2. The molecule has 92 valence electrons. The van der Waals surface area contributed by atoms with Crippen LogP contribution in [-0.2, 0) is 9.53 Å². The number of rotatable bonds is 2. The van der Waals surface area contributed by atoms with Gasteiger partial charge in [-0.25, -0.2) is 13.6 Å². The molecule has 0 saturated carbocycles. The maximum atomic E-state index is 13.2. The van der Waals surface area contributed by atoms with Gasteiger partial charge < -0.3 is 4.74 Å². The molecule has 0 radical (unpaired) electrons. The van der Waals surface area contributed by atoms with E-state index in [0.717, 1.165) is 18.2 Å². The fourth-order valence-corrected chi connectivity index (χ4v) is 1.13. The number of esters is 1. The van der Waals surface area contributed by atoms with Gasteiger partial charge in [0.1, 0.15) is 17.2 Å². The average molecular weight is 240 g/mol. The lowest BCUT2D eigenvalue weighted by molar-refractivity contribution is -0.148. The van der Waals surface area contributed by atoms with Crippen molar-refractivity contribution < 1.29 is 18.3 Å². The van der Waals surface area contributed by atoms with Crippen LogP contribution >= 0.6 is 0 Å². The molecular weight excluding hydrogens is 226 g/mol. The van der Waals surface area contributed by atoms with Gasteiger partial charge in [0.15, 0.2) is 0 Å². The molecule has 2 nitrogen and oxygen atoms in total. The summed E-state index contributed by atoms with van der Waals surface area (Å²) in [7, 11) is 0. The Morgan fingerprint density at radius 3 is 2.47 bits per heavy atom. The van der Waals surface area contributed by atoms with Crippen molar-refractivity contribution >= 4 is 12.0 Å². The van der Waals surface area contributed by atoms with Crippen molar-refractivity contribution in [3.8, 4) is 0 Å². The first-order valence-electron chi connectivity index (χ1n) is 5.14. The highest BCUT2D eigenvalue weighted by Gasteiger charge is 2.14. The molecule has 0 heterocycles. The topological polar surface area (TPSA) is 26.3 Å². The Bertz CT molecular complexity index is 445. The second-order valence-electron chi connectivity index (χ2n) is 4.53. The van der Waals surface area contributed by atoms with Crippen LogP contribution in [0.1, 0.15) is 26.3 Å². The second-order valence-corrected chi connectivity index (χ2v) is 4.53. The van der Waals surface area contributed by atoms with E-state index in [4.69, 9.17) is 4.74 Å². The predicted octanol–water partition coefficient (Wildman–Crippen LogP) is 3.32. The molecule has 0 atom stereocenters. The summed E-state index contributed by atoms with van der Waals surface area (Å²) in [6.45, 7) is 5.20. The van der Waals surface area contributed by atoms with Gasteiger partial charge in [-0.1, -0.05) is 0 Å². The van der Waals surface area contributed by atoms with Gasteiger partial charge >= 0.3 is 5.97 Å². The minimum absolute atomic E-state index is 0.136. The van der Waals surface area contributed by atoms with Crippen LogP contribution in [-0.4, -0.2) is 11.6 Å². The smallest absolute Gasteiger partial charge is 0.331 e. The zero-order valence-electron chi connectivity index (χ0n) is 9.96. The molecule has 0 amide bonds. The Morgan fingerprint density at radius 1 is 1.29 bits per heavy atom. The molecule has 4 heteroatoms. The Morgan fingerprint density at radius 2 is 1.94 bits per heavy atom. The number of halogens is 2. The van der Waals surface area contributed by atoms with E-state index in [2.05, 4.69) is 0 Å². The minimum atomic E-state index is -0.718. The molecular formula is C13H14F2O2. The molecule has 0 saturated heterocycles. The highest BCUT2D eigenvalue weighted by Crippen LogP contribution is 2.12.